The Kier molecular flexibility index (Phi) is 8.63. The van der Waals surface area contributed by atoms with Crippen LogP contribution in [-0.4, -0.2) is 58.8 Å². The number of fused-ring (bicyclic) bond motifs is 1. The Morgan fingerprint density at radius 3 is 2.33 bits per heavy atom. The molecular weight excluding hydrogens is 529 g/mol. The van der Waals surface area contributed by atoms with Crippen LogP contribution in [0.4, 0.5) is 5.69 Å². The second kappa shape index (κ2) is 12.0. The van der Waals surface area contributed by atoms with Gasteiger partial charge >= 0.3 is 7.12 Å². The number of aliphatic imine (C=N–C) groups is 1. The number of Topliss-reactive ketones (excluding diaryl/α,β-unsaturated/α-hetero) is 1. The highest BCUT2D eigenvalue weighted by molar-refractivity contribution is 6.60. The van der Waals surface area contributed by atoms with Gasteiger partial charge in [-0.3, -0.25) is 30.3 Å². The van der Waals surface area contributed by atoms with E-state index in [1.54, 1.807) is 61.5 Å². The molecule has 1 heterocycles. The van der Waals surface area contributed by atoms with Gasteiger partial charge in [0.05, 0.1) is 17.8 Å². The lowest BCUT2D eigenvalue weighted by Gasteiger charge is -2.27. The van der Waals surface area contributed by atoms with Gasteiger partial charge in [0.25, 0.3) is 0 Å². The predicted molar refractivity (Wildman–Crippen MR) is 159 cm³/mol. The van der Waals surface area contributed by atoms with E-state index >= 15 is 0 Å². The number of benzodiazepines with no additional fused rings is 1. The van der Waals surface area contributed by atoms with Gasteiger partial charge in [0.1, 0.15) is 17.7 Å². The van der Waals surface area contributed by atoms with Crippen molar-refractivity contribution in [3.8, 4) is 11.1 Å². The molecule has 5 N–H and O–H groups in total. The Labute approximate surface area is 237 Å². The third-order valence-corrected chi connectivity index (χ3v) is 6.83. The topological polar surface area (TPSA) is 150 Å². The summed E-state index contributed by atoms with van der Waals surface area (Å²) in [5, 5.41) is 40.6. The molecule has 0 aromatic heterocycles. The second-order valence-electron chi connectivity index (χ2n) is 9.40. The minimum atomic E-state index is -1.84. The number of rotatable bonds is 7. The van der Waals surface area contributed by atoms with Crippen LogP contribution < -0.4 is 15.7 Å². The summed E-state index contributed by atoms with van der Waals surface area (Å²) in [7, 11) is -1.84. The van der Waals surface area contributed by atoms with Crippen molar-refractivity contribution in [3.05, 3.63) is 82.4 Å². The molecule has 11 heteroatoms. The van der Waals surface area contributed by atoms with Crippen molar-refractivity contribution in [2.45, 2.75) is 33.2 Å². The number of amidine groups is 2. The van der Waals surface area contributed by atoms with E-state index < -0.39 is 13.2 Å². The summed E-state index contributed by atoms with van der Waals surface area (Å²) in [6, 6.07) is 16.3. The molecule has 40 heavy (non-hydrogen) atoms. The number of amides is 1. The molecule has 0 fully saturated rings. The van der Waals surface area contributed by atoms with Crippen molar-refractivity contribution in [2.75, 3.05) is 11.4 Å². The zero-order valence-corrected chi connectivity index (χ0v) is 23.1. The molecule has 4 rings (SSSR count). The van der Waals surface area contributed by atoms with Crippen molar-refractivity contribution in [2.24, 2.45) is 4.99 Å². The molecule has 3 aromatic rings. The zero-order chi connectivity index (χ0) is 29.1. The first-order valence-electron chi connectivity index (χ1n) is 12.7. The van der Waals surface area contributed by atoms with Crippen molar-refractivity contribution in [3.63, 3.8) is 0 Å². The second-order valence-corrected chi connectivity index (χ2v) is 9.83. The molecule has 0 aliphatic carbocycles. The van der Waals surface area contributed by atoms with Crippen molar-refractivity contribution < 1.29 is 19.6 Å². The number of nitrogens with one attached hydrogen (secondary N) is 3. The number of halogens is 1. The van der Waals surface area contributed by atoms with Gasteiger partial charge in [0.15, 0.2) is 5.78 Å². The van der Waals surface area contributed by atoms with E-state index in [0.717, 1.165) is 0 Å². The van der Waals surface area contributed by atoms with Crippen LogP contribution in [-0.2, 0) is 4.79 Å². The Morgan fingerprint density at radius 2 is 1.73 bits per heavy atom. The monoisotopic (exact) mass is 557 g/mol. The quantitative estimate of drug-likeness (QED) is 0.131. The summed E-state index contributed by atoms with van der Waals surface area (Å²) in [4.78, 5) is 31.6. The molecular formula is C29H29BClN5O4. The molecule has 9 nitrogen and oxygen atoms in total. The van der Waals surface area contributed by atoms with Crippen LogP contribution in [0.2, 0.25) is 5.02 Å². The molecule has 0 saturated heterocycles. The number of carbonyl (C=O) groups is 2. The van der Waals surface area contributed by atoms with Crippen LogP contribution in [0.25, 0.3) is 11.1 Å². The van der Waals surface area contributed by atoms with Crippen LogP contribution in [0.3, 0.4) is 0 Å². The van der Waals surface area contributed by atoms with Crippen LogP contribution in [0.15, 0.2) is 65.7 Å². The molecule has 3 aromatic carbocycles. The molecule has 1 atom stereocenters. The number of hydrogen-bond donors (Lipinski definition) is 5. The molecule has 204 valence electrons. The summed E-state index contributed by atoms with van der Waals surface area (Å²) < 4.78 is 0. The molecule has 0 saturated carbocycles. The first kappa shape index (κ1) is 28.9. The fraction of sp³-hybridized carbons (Fsp3) is 0.207. The van der Waals surface area contributed by atoms with E-state index in [1.165, 1.54) is 17.9 Å². The first-order chi connectivity index (χ1) is 19.0. The third kappa shape index (κ3) is 5.74. The largest absolute Gasteiger partial charge is 0.489 e. The predicted octanol–water partition coefficient (Wildman–Crippen LogP) is 3.42. The van der Waals surface area contributed by atoms with Crippen molar-refractivity contribution >= 4 is 58.9 Å². The number of anilines is 1. The van der Waals surface area contributed by atoms with E-state index in [-0.39, 0.29) is 40.8 Å². The maximum atomic E-state index is 12.6. The highest BCUT2D eigenvalue weighted by Crippen LogP contribution is 2.35. The van der Waals surface area contributed by atoms with Gasteiger partial charge in [0, 0.05) is 28.3 Å². The third-order valence-electron chi connectivity index (χ3n) is 6.58. The lowest BCUT2D eigenvalue weighted by molar-refractivity contribution is -0.121. The average Bonchev–Trinajstić information content (AvgIpc) is 3.02. The van der Waals surface area contributed by atoms with Gasteiger partial charge < -0.3 is 15.4 Å². The summed E-state index contributed by atoms with van der Waals surface area (Å²) in [5.74, 6) is -0.550. The first-order valence-corrected chi connectivity index (χ1v) is 13.1. The molecule has 1 aliphatic rings. The molecule has 0 unspecified atom stereocenters. The Balaban J connectivity index is 2.01. The van der Waals surface area contributed by atoms with E-state index in [0.29, 0.717) is 45.2 Å². The fourth-order valence-corrected chi connectivity index (χ4v) is 4.98. The van der Waals surface area contributed by atoms with Crippen molar-refractivity contribution in [1.82, 2.24) is 5.32 Å². The maximum absolute atomic E-state index is 12.6. The van der Waals surface area contributed by atoms with E-state index in [4.69, 9.17) is 27.4 Å². The number of benzene rings is 3. The summed E-state index contributed by atoms with van der Waals surface area (Å²) in [6.07, 6.45) is -0.0840. The lowest BCUT2D eigenvalue weighted by atomic mass is 9.74. The molecule has 1 aliphatic heterocycles. The average molecular weight is 558 g/mol. The highest BCUT2D eigenvalue weighted by atomic mass is 35.5. The fourth-order valence-electron chi connectivity index (χ4n) is 4.86. The molecule has 0 radical (unpaired) electrons. The van der Waals surface area contributed by atoms with Gasteiger partial charge in [-0.2, -0.15) is 0 Å². The van der Waals surface area contributed by atoms with Gasteiger partial charge in [-0.15, -0.1) is 0 Å². The van der Waals surface area contributed by atoms with Crippen LogP contribution in [0.1, 0.15) is 48.7 Å². The molecule has 1 amide bonds. The highest BCUT2D eigenvalue weighted by Gasteiger charge is 2.32. The van der Waals surface area contributed by atoms with Crippen LogP contribution in [0.5, 0.6) is 0 Å². The molecule has 0 bridgehead atoms. The summed E-state index contributed by atoms with van der Waals surface area (Å²) in [6.45, 7) is 5.17. The summed E-state index contributed by atoms with van der Waals surface area (Å²) in [5.41, 5.74) is 3.61. The standard InChI is InChI=1S/C29H29BClN5O4/c1-4-34-26(38)15-24-29(33)36(17(3)32)25-13-10-19(21-6-5-7-23(30(39)40)27(21)16(2)37)14-22(25)28(35-24)18-8-11-20(31)12-9-18/h5-14,24,32-33,39-40H,4,15H2,1-3H3,(H,34,38)/t24-/m0/s1. The minimum absolute atomic E-state index is 0.0217. The number of carbonyl (C=O) groups excluding carboxylic acids is 2. The number of nitrogens with zero attached hydrogens (tertiary/aromatic N) is 2. The summed E-state index contributed by atoms with van der Waals surface area (Å²) >= 11 is 6.16. The minimum Gasteiger partial charge on any atom is -0.423 e. The Bertz CT molecular complexity index is 1540. The number of ketones is 1. The van der Waals surface area contributed by atoms with Crippen LogP contribution >= 0.6 is 11.6 Å². The van der Waals surface area contributed by atoms with Crippen molar-refractivity contribution in [1.29, 1.82) is 10.8 Å². The maximum Gasteiger partial charge on any atom is 0.489 e. The van der Waals surface area contributed by atoms with E-state index in [2.05, 4.69) is 5.32 Å². The SMILES string of the molecule is CCNC(=O)C[C@@H]1N=C(c2ccc(Cl)cc2)c2cc(-c3cccc(B(O)O)c3C(C)=O)ccc2N(C(C)=N)C1=N. The van der Waals surface area contributed by atoms with Gasteiger partial charge in [-0.1, -0.05) is 48.0 Å². The van der Waals surface area contributed by atoms with Gasteiger partial charge in [-0.25, -0.2) is 0 Å². The normalized spacial score (nSPS) is 14.7. The Hall–Kier alpha value is -4.12. The van der Waals surface area contributed by atoms with Crippen LogP contribution in [0, 0.1) is 10.8 Å². The lowest BCUT2D eigenvalue weighted by Crippen LogP contribution is -2.42. The Morgan fingerprint density at radius 1 is 1.05 bits per heavy atom. The number of hydrogen-bond acceptors (Lipinski definition) is 7. The van der Waals surface area contributed by atoms with E-state index in [1.807, 2.05) is 6.92 Å². The smallest absolute Gasteiger partial charge is 0.423 e. The van der Waals surface area contributed by atoms with E-state index in [9.17, 15) is 19.6 Å². The molecule has 0 spiro atoms. The van der Waals surface area contributed by atoms with Gasteiger partial charge in [-0.05, 0) is 61.6 Å². The zero-order valence-electron chi connectivity index (χ0n) is 22.3. The van der Waals surface area contributed by atoms with Gasteiger partial charge in [0.2, 0.25) is 5.91 Å².